The van der Waals surface area contributed by atoms with Crippen molar-refractivity contribution in [1.82, 2.24) is 5.32 Å². The van der Waals surface area contributed by atoms with Gasteiger partial charge in [-0.2, -0.15) is 0 Å². The topological polar surface area (TPSA) is 55.1 Å². The van der Waals surface area contributed by atoms with Gasteiger partial charge in [0.2, 0.25) is 5.91 Å². The Morgan fingerprint density at radius 2 is 2.10 bits per heavy atom. The highest BCUT2D eigenvalue weighted by Crippen LogP contribution is 2.27. The molecule has 0 aliphatic heterocycles. The molecule has 3 nitrogen and oxygen atoms in total. The van der Waals surface area contributed by atoms with Crippen LogP contribution in [-0.2, 0) is 10.2 Å². The van der Waals surface area contributed by atoms with Crippen molar-refractivity contribution in [3.8, 4) is 0 Å². The Bertz CT molecular complexity index is 605. The molecule has 0 bridgehead atoms. The second kappa shape index (κ2) is 6.31. The first-order chi connectivity index (χ1) is 9.90. The van der Waals surface area contributed by atoms with E-state index >= 15 is 0 Å². The number of nitrogens with two attached hydrogens (primary N) is 1. The molecule has 21 heavy (non-hydrogen) atoms. The van der Waals surface area contributed by atoms with Gasteiger partial charge in [-0.3, -0.25) is 4.79 Å². The van der Waals surface area contributed by atoms with Gasteiger partial charge in [0.15, 0.2) is 0 Å². The van der Waals surface area contributed by atoms with Crippen molar-refractivity contribution in [2.24, 2.45) is 0 Å². The van der Waals surface area contributed by atoms with Crippen LogP contribution in [-0.4, -0.2) is 12.5 Å². The van der Waals surface area contributed by atoms with Crippen molar-refractivity contribution in [3.05, 3.63) is 52.2 Å². The number of hydrogen-bond donors (Lipinski definition) is 2. The van der Waals surface area contributed by atoms with Gasteiger partial charge in [0.05, 0.1) is 5.92 Å². The maximum Gasteiger partial charge on any atom is 0.227 e. The third-order valence-corrected chi connectivity index (χ3v) is 4.93. The van der Waals surface area contributed by atoms with Gasteiger partial charge < -0.3 is 11.1 Å². The fourth-order valence-electron chi connectivity index (χ4n) is 2.19. The molecule has 1 amide bonds. The van der Waals surface area contributed by atoms with Gasteiger partial charge in [0.25, 0.3) is 0 Å². The van der Waals surface area contributed by atoms with Crippen molar-refractivity contribution < 1.29 is 4.79 Å². The summed E-state index contributed by atoms with van der Waals surface area (Å²) in [5, 5.41) is 5.12. The number of carbonyl (C=O) groups is 1. The first-order valence-electron chi connectivity index (χ1n) is 7.07. The summed E-state index contributed by atoms with van der Waals surface area (Å²) in [6, 6.07) is 11.6. The smallest absolute Gasteiger partial charge is 0.227 e. The molecule has 3 N–H and O–H groups in total. The van der Waals surface area contributed by atoms with E-state index in [1.54, 1.807) is 11.3 Å². The van der Waals surface area contributed by atoms with Gasteiger partial charge in [0.1, 0.15) is 0 Å². The van der Waals surface area contributed by atoms with Crippen LogP contribution in [0.4, 0.5) is 5.69 Å². The number of benzene rings is 1. The zero-order valence-electron chi connectivity index (χ0n) is 12.7. The maximum absolute atomic E-state index is 12.3. The van der Waals surface area contributed by atoms with Crippen LogP contribution >= 0.6 is 11.3 Å². The fourth-order valence-corrected chi connectivity index (χ4v) is 3.04. The van der Waals surface area contributed by atoms with Crippen LogP contribution in [0.3, 0.4) is 0 Å². The molecule has 1 heterocycles. The van der Waals surface area contributed by atoms with Crippen molar-refractivity contribution in [3.63, 3.8) is 0 Å². The molecule has 2 rings (SSSR count). The molecule has 0 aliphatic rings. The van der Waals surface area contributed by atoms with Gasteiger partial charge in [0, 0.05) is 22.5 Å². The standard InChI is InChI=1S/C17H22N2OS/c1-12(13-6-4-7-14(18)10-13)16(20)19-11-17(2,3)15-8-5-9-21-15/h4-10,12H,11,18H2,1-3H3,(H,19,20). The normalized spacial score (nSPS) is 12.9. The fraction of sp³-hybridized carbons (Fsp3) is 0.353. The van der Waals surface area contributed by atoms with E-state index in [4.69, 9.17) is 5.73 Å². The Balaban J connectivity index is 1.98. The third-order valence-electron chi connectivity index (χ3n) is 3.70. The highest BCUT2D eigenvalue weighted by molar-refractivity contribution is 7.10. The van der Waals surface area contributed by atoms with Crippen molar-refractivity contribution in [2.45, 2.75) is 32.1 Å². The van der Waals surface area contributed by atoms with Crippen LogP contribution in [0.25, 0.3) is 0 Å². The summed E-state index contributed by atoms with van der Waals surface area (Å²) in [5.74, 6) is -0.169. The van der Waals surface area contributed by atoms with Gasteiger partial charge in [-0.15, -0.1) is 11.3 Å². The lowest BCUT2D eigenvalue weighted by atomic mass is 9.91. The quantitative estimate of drug-likeness (QED) is 0.830. The summed E-state index contributed by atoms with van der Waals surface area (Å²) in [5.41, 5.74) is 7.35. The summed E-state index contributed by atoms with van der Waals surface area (Å²) in [6.07, 6.45) is 0. The molecule has 2 aromatic rings. The number of carbonyl (C=O) groups excluding carboxylic acids is 1. The number of thiophene rings is 1. The van der Waals surface area contributed by atoms with E-state index in [0.717, 1.165) is 5.56 Å². The van der Waals surface area contributed by atoms with E-state index in [1.165, 1.54) is 4.88 Å². The molecular formula is C17H22N2OS. The van der Waals surface area contributed by atoms with Gasteiger partial charge in [-0.05, 0) is 36.1 Å². The molecule has 0 aliphatic carbocycles. The molecule has 0 fully saturated rings. The zero-order valence-corrected chi connectivity index (χ0v) is 13.5. The highest BCUT2D eigenvalue weighted by Gasteiger charge is 2.24. The van der Waals surface area contributed by atoms with Crippen molar-refractivity contribution >= 4 is 22.9 Å². The predicted molar refractivity (Wildman–Crippen MR) is 89.6 cm³/mol. The molecule has 1 aromatic heterocycles. The summed E-state index contributed by atoms with van der Waals surface area (Å²) < 4.78 is 0. The van der Waals surface area contributed by atoms with Crippen molar-refractivity contribution in [2.75, 3.05) is 12.3 Å². The first kappa shape index (κ1) is 15.6. The average molecular weight is 302 g/mol. The second-order valence-electron chi connectivity index (χ2n) is 5.97. The highest BCUT2D eigenvalue weighted by atomic mass is 32.1. The number of nitrogens with one attached hydrogen (secondary N) is 1. The number of hydrogen-bond acceptors (Lipinski definition) is 3. The molecule has 4 heteroatoms. The van der Waals surface area contributed by atoms with E-state index in [-0.39, 0.29) is 17.2 Å². The van der Waals surface area contributed by atoms with Crippen LogP contribution in [0.1, 0.15) is 37.1 Å². The molecule has 1 atom stereocenters. The average Bonchev–Trinajstić information content (AvgIpc) is 2.99. The van der Waals surface area contributed by atoms with Crippen LogP contribution in [0.15, 0.2) is 41.8 Å². The molecular weight excluding hydrogens is 280 g/mol. The Labute approximate surface area is 130 Å². The summed E-state index contributed by atoms with van der Waals surface area (Å²) >= 11 is 1.72. The van der Waals surface area contributed by atoms with E-state index in [9.17, 15) is 4.79 Å². The summed E-state index contributed by atoms with van der Waals surface area (Å²) in [6.45, 7) is 6.82. The van der Waals surface area contributed by atoms with Crippen LogP contribution in [0, 0.1) is 0 Å². The number of rotatable bonds is 5. The lowest BCUT2D eigenvalue weighted by Crippen LogP contribution is -2.38. The van der Waals surface area contributed by atoms with Gasteiger partial charge in [-0.1, -0.05) is 32.0 Å². The Kier molecular flexibility index (Phi) is 4.68. The minimum atomic E-state index is -0.201. The predicted octanol–water partition coefficient (Wildman–Crippen LogP) is 3.53. The Morgan fingerprint density at radius 3 is 2.71 bits per heavy atom. The molecule has 1 unspecified atom stereocenters. The Morgan fingerprint density at radius 1 is 1.33 bits per heavy atom. The molecule has 0 radical (unpaired) electrons. The van der Waals surface area contributed by atoms with Crippen LogP contribution in [0.2, 0.25) is 0 Å². The van der Waals surface area contributed by atoms with Crippen LogP contribution in [0.5, 0.6) is 0 Å². The summed E-state index contributed by atoms with van der Waals surface area (Å²) in [7, 11) is 0. The van der Waals surface area contributed by atoms with E-state index < -0.39 is 0 Å². The third kappa shape index (κ3) is 3.85. The van der Waals surface area contributed by atoms with E-state index in [1.807, 2.05) is 37.3 Å². The minimum absolute atomic E-state index is 0.0326. The first-order valence-corrected chi connectivity index (χ1v) is 7.95. The maximum atomic E-state index is 12.3. The largest absolute Gasteiger partial charge is 0.399 e. The monoisotopic (exact) mass is 302 g/mol. The second-order valence-corrected chi connectivity index (χ2v) is 6.92. The Hall–Kier alpha value is -1.81. The molecule has 0 saturated carbocycles. The molecule has 0 saturated heterocycles. The van der Waals surface area contributed by atoms with E-state index in [0.29, 0.717) is 12.2 Å². The summed E-state index contributed by atoms with van der Waals surface area (Å²) in [4.78, 5) is 13.6. The van der Waals surface area contributed by atoms with Crippen LogP contribution < -0.4 is 11.1 Å². The van der Waals surface area contributed by atoms with E-state index in [2.05, 4.69) is 30.6 Å². The SMILES string of the molecule is CC(C(=O)NCC(C)(C)c1cccs1)c1cccc(N)c1. The van der Waals surface area contributed by atoms with Gasteiger partial charge in [-0.25, -0.2) is 0 Å². The number of anilines is 1. The molecule has 0 spiro atoms. The zero-order chi connectivity index (χ0) is 15.5. The number of amides is 1. The minimum Gasteiger partial charge on any atom is -0.399 e. The number of nitrogen functional groups attached to an aromatic ring is 1. The van der Waals surface area contributed by atoms with Gasteiger partial charge >= 0.3 is 0 Å². The lowest BCUT2D eigenvalue weighted by Gasteiger charge is -2.24. The molecule has 112 valence electrons. The van der Waals surface area contributed by atoms with Crippen molar-refractivity contribution in [1.29, 1.82) is 0 Å². The molecule has 1 aromatic carbocycles. The lowest BCUT2D eigenvalue weighted by molar-refractivity contribution is -0.122.